The van der Waals surface area contributed by atoms with Crippen molar-refractivity contribution in [2.75, 3.05) is 12.0 Å². The van der Waals surface area contributed by atoms with Crippen LogP contribution in [0.1, 0.15) is 35.6 Å². The molecule has 1 N–H and O–H groups in total. The Morgan fingerprint density at radius 2 is 1.55 bits per heavy atom. The highest BCUT2D eigenvalue weighted by Gasteiger charge is 2.34. The maximum absolute atomic E-state index is 13.5. The third kappa shape index (κ3) is 4.53. The fourth-order valence-electron chi connectivity index (χ4n) is 3.95. The van der Waals surface area contributed by atoms with E-state index in [-0.39, 0.29) is 41.0 Å². The monoisotopic (exact) mass is 464 g/mol. The molecule has 0 aromatic heterocycles. The maximum atomic E-state index is 13.5. The number of carbonyl (C=O) groups is 2. The van der Waals surface area contributed by atoms with E-state index in [2.05, 4.69) is 4.72 Å². The predicted octanol–water partition coefficient (Wildman–Crippen LogP) is 3.72. The molecule has 1 fully saturated rings. The first-order valence-electron chi connectivity index (χ1n) is 10.5. The number of ether oxygens (including phenoxy) is 1. The molecule has 1 unspecified atom stereocenters. The molecule has 1 heterocycles. The number of anilines is 1. The second-order valence-electron chi connectivity index (χ2n) is 7.78. The van der Waals surface area contributed by atoms with Crippen molar-refractivity contribution in [1.82, 2.24) is 4.72 Å². The Hall–Kier alpha value is -3.49. The normalized spacial score (nSPS) is 15.0. The molecular formula is C25H24N2O5S. The zero-order valence-electron chi connectivity index (χ0n) is 18.3. The predicted molar refractivity (Wildman–Crippen MR) is 125 cm³/mol. The number of sulfonamides is 1. The van der Waals surface area contributed by atoms with E-state index in [1.54, 1.807) is 0 Å². The lowest BCUT2D eigenvalue weighted by molar-refractivity contribution is -0.121. The van der Waals surface area contributed by atoms with Crippen molar-refractivity contribution in [3.8, 4) is 5.75 Å². The molecular weight excluding hydrogens is 440 g/mol. The summed E-state index contributed by atoms with van der Waals surface area (Å²) < 4.78 is 35.1. The van der Waals surface area contributed by atoms with Crippen molar-refractivity contribution in [1.29, 1.82) is 0 Å². The van der Waals surface area contributed by atoms with Crippen molar-refractivity contribution < 1.29 is 22.7 Å². The summed E-state index contributed by atoms with van der Waals surface area (Å²) in [5.74, 6) is -0.526. The second kappa shape index (κ2) is 9.17. The highest BCUT2D eigenvalue weighted by Crippen LogP contribution is 2.35. The van der Waals surface area contributed by atoms with Crippen LogP contribution in [0.15, 0.2) is 77.7 Å². The average molecular weight is 465 g/mol. The number of nitrogens with zero attached hydrogens (tertiary/aromatic N) is 1. The van der Waals surface area contributed by atoms with E-state index >= 15 is 0 Å². The van der Waals surface area contributed by atoms with Crippen molar-refractivity contribution in [2.24, 2.45) is 0 Å². The highest BCUT2D eigenvalue weighted by atomic mass is 32.2. The summed E-state index contributed by atoms with van der Waals surface area (Å²) in [5, 5.41) is 0. The van der Waals surface area contributed by atoms with E-state index in [0.717, 1.165) is 21.6 Å². The van der Waals surface area contributed by atoms with Gasteiger partial charge in [0.05, 0.1) is 23.7 Å². The Morgan fingerprint density at radius 3 is 2.18 bits per heavy atom. The van der Waals surface area contributed by atoms with Crippen LogP contribution in [0.2, 0.25) is 0 Å². The van der Waals surface area contributed by atoms with Gasteiger partial charge in [-0.05, 0) is 41.8 Å². The van der Waals surface area contributed by atoms with Crippen molar-refractivity contribution >= 4 is 27.5 Å². The number of benzene rings is 3. The van der Waals surface area contributed by atoms with Gasteiger partial charge in [0.15, 0.2) is 0 Å². The first kappa shape index (κ1) is 22.7. The van der Waals surface area contributed by atoms with Gasteiger partial charge in [-0.1, -0.05) is 54.6 Å². The summed E-state index contributed by atoms with van der Waals surface area (Å²) >= 11 is 0. The largest absolute Gasteiger partial charge is 0.495 e. The van der Waals surface area contributed by atoms with Crippen LogP contribution >= 0.6 is 0 Å². The summed E-state index contributed by atoms with van der Waals surface area (Å²) in [5.41, 5.74) is 2.68. The Morgan fingerprint density at radius 1 is 0.909 bits per heavy atom. The number of rotatable bonds is 7. The number of hydrogen-bond donors (Lipinski definition) is 1. The van der Waals surface area contributed by atoms with Gasteiger partial charge in [0.2, 0.25) is 21.8 Å². The minimum absolute atomic E-state index is 0.0692. The molecule has 1 atom stereocenters. The van der Waals surface area contributed by atoms with E-state index in [4.69, 9.17) is 4.74 Å². The fourth-order valence-corrected chi connectivity index (χ4v) is 5.17. The van der Waals surface area contributed by atoms with Crippen LogP contribution in [0.25, 0.3) is 0 Å². The molecule has 3 aromatic carbocycles. The van der Waals surface area contributed by atoms with E-state index in [0.29, 0.717) is 0 Å². The Balaban J connectivity index is 1.77. The Bertz CT molecular complexity index is 1290. The molecule has 1 saturated heterocycles. The van der Waals surface area contributed by atoms with Crippen molar-refractivity contribution in [3.05, 3.63) is 89.5 Å². The summed E-state index contributed by atoms with van der Waals surface area (Å²) in [6.45, 7) is 1.93. The van der Waals surface area contributed by atoms with Gasteiger partial charge in [-0.2, -0.15) is 4.72 Å². The molecule has 0 bridgehead atoms. The number of amides is 2. The van der Waals surface area contributed by atoms with E-state index in [1.807, 2.05) is 61.5 Å². The molecule has 0 spiro atoms. The molecule has 1 aliphatic rings. The van der Waals surface area contributed by atoms with Gasteiger partial charge in [-0.3, -0.25) is 9.59 Å². The third-order valence-electron chi connectivity index (χ3n) is 5.66. The average Bonchev–Trinajstić information content (AvgIpc) is 3.16. The zero-order valence-corrected chi connectivity index (χ0v) is 19.1. The lowest BCUT2D eigenvalue weighted by Gasteiger charge is -2.23. The first-order valence-corrected chi connectivity index (χ1v) is 12.0. The van der Waals surface area contributed by atoms with Crippen LogP contribution in [0, 0.1) is 6.92 Å². The molecule has 2 amide bonds. The van der Waals surface area contributed by atoms with Gasteiger partial charge in [-0.25, -0.2) is 13.3 Å². The van der Waals surface area contributed by atoms with Gasteiger partial charge in [0.1, 0.15) is 5.75 Å². The topological polar surface area (TPSA) is 92.8 Å². The number of nitrogens with one attached hydrogen (secondary N) is 1. The molecule has 0 aliphatic carbocycles. The van der Waals surface area contributed by atoms with Crippen LogP contribution in [0.3, 0.4) is 0 Å². The van der Waals surface area contributed by atoms with Gasteiger partial charge in [0, 0.05) is 12.8 Å². The van der Waals surface area contributed by atoms with Crippen LogP contribution in [0.4, 0.5) is 5.69 Å². The van der Waals surface area contributed by atoms with Gasteiger partial charge in [0.25, 0.3) is 0 Å². The highest BCUT2D eigenvalue weighted by molar-refractivity contribution is 7.89. The summed E-state index contributed by atoms with van der Waals surface area (Å²) in [6, 6.07) is 20.4. The van der Waals surface area contributed by atoms with Crippen LogP contribution in [-0.2, 0) is 19.6 Å². The van der Waals surface area contributed by atoms with Gasteiger partial charge >= 0.3 is 0 Å². The number of imide groups is 1. The lowest BCUT2D eigenvalue weighted by atomic mass is 9.96. The molecule has 0 radical (unpaired) electrons. The SMILES string of the molecule is COc1ccc(S(=O)(=O)NC(c2ccccc2)c2ccccc2C)cc1N1C(=O)CCC1=O. The smallest absolute Gasteiger partial charge is 0.241 e. The third-order valence-corrected chi connectivity index (χ3v) is 7.08. The van der Waals surface area contributed by atoms with Crippen LogP contribution in [-0.4, -0.2) is 27.3 Å². The minimum Gasteiger partial charge on any atom is -0.495 e. The summed E-state index contributed by atoms with van der Waals surface area (Å²) in [4.78, 5) is 25.5. The zero-order chi connectivity index (χ0) is 23.6. The van der Waals surface area contributed by atoms with Crippen molar-refractivity contribution in [3.63, 3.8) is 0 Å². The molecule has 1 aliphatic heterocycles. The van der Waals surface area contributed by atoms with Gasteiger partial charge in [-0.15, -0.1) is 0 Å². The number of methoxy groups -OCH3 is 1. The lowest BCUT2D eigenvalue weighted by Crippen LogP contribution is -2.31. The van der Waals surface area contributed by atoms with Crippen LogP contribution < -0.4 is 14.4 Å². The Kier molecular flexibility index (Phi) is 6.31. The minimum atomic E-state index is -4.04. The molecule has 0 saturated carbocycles. The molecule has 33 heavy (non-hydrogen) atoms. The number of hydrogen-bond acceptors (Lipinski definition) is 5. The first-order chi connectivity index (χ1) is 15.8. The quantitative estimate of drug-likeness (QED) is 0.538. The molecule has 8 heteroatoms. The standard InChI is InChI=1S/C25H24N2O5S/c1-17-8-6-7-11-20(17)25(18-9-4-3-5-10-18)26-33(30,31)19-12-13-22(32-2)21(16-19)27-23(28)14-15-24(27)29/h3-13,16,25-26H,14-15H2,1-2H3. The Labute approximate surface area is 193 Å². The van der Waals surface area contributed by atoms with Gasteiger partial charge < -0.3 is 4.74 Å². The molecule has 7 nitrogen and oxygen atoms in total. The number of aryl methyl sites for hydroxylation is 1. The summed E-state index contributed by atoms with van der Waals surface area (Å²) in [6.07, 6.45) is 0.168. The summed E-state index contributed by atoms with van der Waals surface area (Å²) in [7, 11) is -2.64. The van der Waals surface area contributed by atoms with Crippen molar-refractivity contribution in [2.45, 2.75) is 30.7 Å². The van der Waals surface area contributed by atoms with E-state index in [9.17, 15) is 18.0 Å². The second-order valence-corrected chi connectivity index (χ2v) is 9.49. The molecule has 170 valence electrons. The van der Waals surface area contributed by atoms with E-state index in [1.165, 1.54) is 25.3 Å². The van der Waals surface area contributed by atoms with Crippen LogP contribution in [0.5, 0.6) is 5.75 Å². The molecule has 4 rings (SSSR count). The van der Waals surface area contributed by atoms with E-state index < -0.39 is 16.1 Å². The number of carbonyl (C=O) groups excluding carboxylic acids is 2. The molecule has 3 aromatic rings. The fraction of sp³-hybridized carbons (Fsp3) is 0.200. The maximum Gasteiger partial charge on any atom is 0.241 e.